The summed E-state index contributed by atoms with van der Waals surface area (Å²) in [6, 6.07) is 17.0. The van der Waals surface area contributed by atoms with E-state index in [1.807, 2.05) is 12.1 Å². The summed E-state index contributed by atoms with van der Waals surface area (Å²) in [4.78, 5) is 55.7. The van der Waals surface area contributed by atoms with Gasteiger partial charge in [0.25, 0.3) is 0 Å². The zero-order valence-electron chi connectivity index (χ0n) is 28.3. The summed E-state index contributed by atoms with van der Waals surface area (Å²) in [5, 5.41) is 30.7. The lowest BCUT2D eigenvalue weighted by atomic mass is 9.53. The van der Waals surface area contributed by atoms with E-state index >= 15 is 0 Å². The van der Waals surface area contributed by atoms with Gasteiger partial charge in [-0.15, -0.1) is 0 Å². The minimum atomic E-state index is -4.64. The number of benzene rings is 3. The molecule has 16 heteroatoms. The Morgan fingerprint density at radius 1 is 0.980 bits per heavy atom. The molecule has 7 rings (SSSR count). The number of hydrogen-bond acceptors (Lipinski definition) is 10. The normalized spacial score (nSPS) is 23.2. The second kappa shape index (κ2) is 16.1. The number of carboxylic acids is 1. The number of aromatic hydroxyl groups is 1. The molecule has 3 aromatic rings. The van der Waals surface area contributed by atoms with E-state index in [2.05, 4.69) is 34.1 Å². The van der Waals surface area contributed by atoms with Crippen LogP contribution >= 0.6 is 7.82 Å². The van der Waals surface area contributed by atoms with E-state index < -0.39 is 25.9 Å². The SMILES string of the molecule is CC(=O)Nc1ccc(O)cc1.CC(=O)Oc1ccccc1C(=O)O.COc1ccc2c3c1O[C@H]1[C@@H](O)C=C[C@H]4[C@@H](C2)N(C)CC[C@@]341.O=P(O)(O)O. The summed E-state index contributed by atoms with van der Waals surface area (Å²) in [7, 11) is -0.732. The van der Waals surface area contributed by atoms with Crippen molar-refractivity contribution in [3.05, 3.63) is 89.5 Å². The predicted octanol–water partition coefficient (Wildman–Crippen LogP) is 3.23. The first-order valence-electron chi connectivity index (χ1n) is 15.8. The van der Waals surface area contributed by atoms with E-state index in [1.165, 1.54) is 49.2 Å². The number of esters is 1. The van der Waals surface area contributed by atoms with Gasteiger partial charge in [0.15, 0.2) is 11.5 Å². The highest BCUT2D eigenvalue weighted by Gasteiger charge is 2.64. The topological polar surface area (TPSA) is 233 Å². The molecular formula is C35H41N2O13P. The fraction of sp³-hybridized carbons (Fsp3) is 0.343. The van der Waals surface area contributed by atoms with Crippen LogP contribution in [0.1, 0.15) is 41.8 Å². The average molecular weight is 729 g/mol. The first-order chi connectivity index (χ1) is 24.0. The molecule has 5 atom stereocenters. The minimum Gasteiger partial charge on any atom is -0.508 e. The lowest BCUT2D eigenvalue weighted by molar-refractivity contribution is -0.131. The molecule has 7 N–H and O–H groups in total. The Hall–Kier alpha value is -4.76. The number of anilines is 1. The van der Waals surface area contributed by atoms with Crippen molar-refractivity contribution < 1.29 is 63.2 Å². The molecule has 51 heavy (non-hydrogen) atoms. The number of piperidine rings is 1. The van der Waals surface area contributed by atoms with Crippen LogP contribution in [0.3, 0.4) is 0 Å². The van der Waals surface area contributed by atoms with Gasteiger partial charge in [-0.1, -0.05) is 30.4 Å². The van der Waals surface area contributed by atoms with Gasteiger partial charge in [0.05, 0.1) is 7.11 Å². The van der Waals surface area contributed by atoms with Crippen molar-refractivity contribution in [2.75, 3.05) is 26.0 Å². The number of carbonyl (C=O) groups excluding carboxylic acids is 2. The molecule has 0 saturated carbocycles. The highest BCUT2D eigenvalue weighted by atomic mass is 31.2. The zero-order chi connectivity index (χ0) is 37.7. The Morgan fingerprint density at radius 3 is 2.22 bits per heavy atom. The molecule has 274 valence electrons. The van der Waals surface area contributed by atoms with E-state index in [0.29, 0.717) is 17.6 Å². The number of phenolic OH excluding ortho intramolecular Hbond substituents is 1. The van der Waals surface area contributed by atoms with E-state index in [0.717, 1.165) is 30.9 Å². The van der Waals surface area contributed by atoms with Crippen LogP contribution in [0.15, 0.2) is 72.8 Å². The molecular weight excluding hydrogens is 687 g/mol. The molecule has 15 nitrogen and oxygen atoms in total. The summed E-state index contributed by atoms with van der Waals surface area (Å²) in [5.74, 6) is 0.593. The number of hydrogen-bond donors (Lipinski definition) is 7. The molecule has 3 aromatic carbocycles. The monoisotopic (exact) mass is 728 g/mol. The molecule has 4 aliphatic rings. The second-order valence-electron chi connectivity index (χ2n) is 12.2. The van der Waals surface area contributed by atoms with E-state index in [9.17, 15) is 19.5 Å². The number of para-hydroxylation sites is 1. The number of phenols is 1. The lowest BCUT2D eigenvalue weighted by Crippen LogP contribution is -2.64. The van der Waals surface area contributed by atoms with Gasteiger partial charge in [0.2, 0.25) is 5.91 Å². The van der Waals surface area contributed by atoms with Gasteiger partial charge in [-0.05, 0) is 74.5 Å². The summed E-state index contributed by atoms with van der Waals surface area (Å²) in [6.07, 6.45) is 5.54. The van der Waals surface area contributed by atoms with Gasteiger partial charge in [-0.3, -0.25) is 9.59 Å². The van der Waals surface area contributed by atoms with Crippen LogP contribution in [0.5, 0.6) is 23.0 Å². The quantitative estimate of drug-likeness (QED) is 0.0673. The third-order valence-electron chi connectivity index (χ3n) is 8.91. The number of likely N-dealkylation sites (N-methyl/N-ethyl adjacent to an activating group) is 1. The first kappa shape index (κ1) is 39.0. The van der Waals surface area contributed by atoms with Crippen molar-refractivity contribution in [1.82, 2.24) is 4.90 Å². The van der Waals surface area contributed by atoms with Crippen molar-refractivity contribution in [2.24, 2.45) is 5.92 Å². The van der Waals surface area contributed by atoms with E-state index in [4.69, 9.17) is 38.9 Å². The fourth-order valence-electron chi connectivity index (χ4n) is 7.02. The Labute approximate surface area is 294 Å². The third-order valence-corrected chi connectivity index (χ3v) is 8.91. The summed E-state index contributed by atoms with van der Waals surface area (Å²) < 4.78 is 25.4. The number of aromatic carboxylic acids is 1. The molecule has 2 aliphatic heterocycles. The number of likely N-dealkylation sites (tertiary alicyclic amines) is 1. The standard InChI is InChI=1S/C18H21NO3.C9H8O4.C8H9NO2.H3O4P/c1-19-8-7-18-11-4-5-13(20)17(18)22-16-14(21-2)6-3-10(15(16)18)9-12(11)19;1-6(10)13-8-5-3-2-4-7(8)9(11)12;1-6(10)9-7-2-4-8(11)5-3-7;1-5(2,3)4/h3-6,11-13,17,20H,7-9H2,1-2H3;2-5H,1H3,(H,11,12);2-5,11H,1H3,(H,9,10);(H3,1,2,3,4)/t11-,12+,13-,17-,18-;;;/m0.../s1. The summed E-state index contributed by atoms with van der Waals surface area (Å²) >= 11 is 0. The van der Waals surface area contributed by atoms with Crippen LogP contribution in [0.2, 0.25) is 0 Å². The number of methoxy groups -OCH3 is 1. The fourth-order valence-corrected chi connectivity index (χ4v) is 7.02. The number of carbonyl (C=O) groups is 3. The number of ether oxygens (including phenoxy) is 3. The predicted molar refractivity (Wildman–Crippen MR) is 184 cm³/mol. The molecule has 0 unspecified atom stereocenters. The van der Waals surface area contributed by atoms with E-state index in [1.54, 1.807) is 31.4 Å². The summed E-state index contributed by atoms with van der Waals surface area (Å²) in [5.41, 5.74) is 3.28. The molecule has 0 radical (unpaired) electrons. The van der Waals surface area contributed by atoms with Crippen LogP contribution < -0.4 is 19.5 Å². The highest BCUT2D eigenvalue weighted by molar-refractivity contribution is 7.45. The number of aliphatic hydroxyl groups excluding tert-OH is 1. The average Bonchev–Trinajstić information content (AvgIpc) is 3.40. The largest absolute Gasteiger partial charge is 0.508 e. The van der Waals surface area contributed by atoms with Crippen LogP contribution in [0, 0.1) is 5.92 Å². The van der Waals surface area contributed by atoms with Gasteiger partial charge in [-0.25, -0.2) is 9.36 Å². The number of carboxylic acid groups (broad SMARTS) is 1. The Morgan fingerprint density at radius 2 is 1.63 bits per heavy atom. The third kappa shape index (κ3) is 9.13. The number of aliphatic hydroxyl groups is 1. The molecule has 1 amide bonds. The molecule has 2 heterocycles. The molecule has 2 aliphatic carbocycles. The Balaban J connectivity index is 0.000000173. The van der Waals surface area contributed by atoms with Gasteiger partial charge in [0, 0.05) is 42.5 Å². The summed E-state index contributed by atoms with van der Waals surface area (Å²) in [6.45, 7) is 3.71. The number of rotatable bonds is 4. The first-order valence-corrected chi connectivity index (χ1v) is 17.3. The minimum absolute atomic E-state index is 0.0160. The van der Waals surface area contributed by atoms with Crippen molar-refractivity contribution in [3.8, 4) is 23.0 Å². The van der Waals surface area contributed by atoms with Gasteiger partial charge in [-0.2, -0.15) is 0 Å². The van der Waals surface area contributed by atoms with Crippen molar-refractivity contribution in [1.29, 1.82) is 0 Å². The highest BCUT2D eigenvalue weighted by Crippen LogP contribution is 2.62. The molecule has 0 aromatic heterocycles. The number of nitrogens with one attached hydrogen (secondary N) is 1. The molecule has 1 spiro atoms. The van der Waals surface area contributed by atoms with E-state index in [-0.39, 0.29) is 34.5 Å². The number of nitrogens with zero attached hydrogens (tertiary/aromatic N) is 1. The number of phosphoric acid groups is 1. The zero-order valence-corrected chi connectivity index (χ0v) is 29.2. The maximum atomic E-state index is 10.6. The Bertz CT molecular complexity index is 1820. The maximum absolute atomic E-state index is 10.6. The van der Waals surface area contributed by atoms with Crippen molar-refractivity contribution >= 4 is 31.4 Å². The second-order valence-corrected chi connectivity index (χ2v) is 13.3. The van der Waals surface area contributed by atoms with Crippen LogP contribution in [0.4, 0.5) is 5.69 Å². The van der Waals surface area contributed by atoms with Crippen molar-refractivity contribution in [3.63, 3.8) is 0 Å². The lowest BCUT2D eigenvalue weighted by Gasteiger charge is -2.56. The van der Waals surface area contributed by atoms with Crippen LogP contribution in [-0.4, -0.2) is 91.7 Å². The van der Waals surface area contributed by atoms with Crippen LogP contribution in [-0.2, 0) is 26.0 Å². The molecule has 1 saturated heterocycles. The molecule has 1 fully saturated rings. The smallest absolute Gasteiger partial charge is 0.466 e. The van der Waals surface area contributed by atoms with Crippen molar-refractivity contribution in [2.45, 2.75) is 50.4 Å². The van der Waals surface area contributed by atoms with Gasteiger partial charge in [0.1, 0.15) is 29.3 Å². The van der Waals surface area contributed by atoms with Gasteiger partial charge < -0.3 is 54.4 Å². The maximum Gasteiger partial charge on any atom is 0.466 e. The number of amides is 1. The van der Waals surface area contributed by atoms with Crippen LogP contribution in [0.25, 0.3) is 0 Å². The molecule has 2 bridgehead atoms. The van der Waals surface area contributed by atoms with Gasteiger partial charge >= 0.3 is 19.8 Å². The Kier molecular flexibility index (Phi) is 12.3.